The van der Waals surface area contributed by atoms with Crippen molar-refractivity contribution in [1.29, 1.82) is 0 Å². The van der Waals surface area contributed by atoms with E-state index in [2.05, 4.69) is 10.1 Å². The van der Waals surface area contributed by atoms with Gasteiger partial charge in [0.1, 0.15) is 23.4 Å². The Balaban J connectivity index is 0.000000686. The Morgan fingerprint density at radius 1 is 1.47 bits per heavy atom. The number of rotatable bonds is 3. The molecule has 94 valence electrons. The Kier molecular flexibility index (Phi) is 4.90. The molecule has 2 heterocycles. The second-order valence-electron chi connectivity index (χ2n) is 3.52. The number of hydrogen-bond donors (Lipinski definition) is 1. The molecule has 0 fully saturated rings. The van der Waals surface area contributed by atoms with Crippen LogP contribution in [0.25, 0.3) is 0 Å². The van der Waals surface area contributed by atoms with Gasteiger partial charge in [0.05, 0.1) is 6.54 Å². The molecule has 1 N–H and O–H groups in total. The lowest BCUT2D eigenvalue weighted by molar-refractivity contribution is 0.184. The topological polar surface area (TPSA) is 64.1 Å². The molecule has 2 rings (SSSR count). The van der Waals surface area contributed by atoms with E-state index in [9.17, 15) is 5.11 Å². The van der Waals surface area contributed by atoms with Crippen LogP contribution in [0.15, 0.2) is 23.0 Å². The summed E-state index contributed by atoms with van der Waals surface area (Å²) in [6.07, 6.45) is 2.90. The lowest BCUT2D eigenvalue weighted by atomic mass is 10.3. The van der Waals surface area contributed by atoms with Crippen molar-refractivity contribution < 1.29 is 9.63 Å². The molecule has 0 aliphatic rings. The molecule has 0 aliphatic heterocycles. The number of aryl methyl sites for hydroxylation is 1. The van der Waals surface area contributed by atoms with Crippen molar-refractivity contribution in [2.75, 3.05) is 0 Å². The average molecular weight is 237 g/mol. The van der Waals surface area contributed by atoms with E-state index in [1.165, 1.54) is 0 Å². The van der Waals surface area contributed by atoms with Crippen LogP contribution in [0.5, 0.6) is 0 Å². The maximum atomic E-state index is 9.45. The summed E-state index contributed by atoms with van der Waals surface area (Å²) < 4.78 is 6.82. The molecule has 0 spiro atoms. The van der Waals surface area contributed by atoms with Gasteiger partial charge in [0.25, 0.3) is 0 Å². The van der Waals surface area contributed by atoms with Gasteiger partial charge in [0.15, 0.2) is 0 Å². The van der Waals surface area contributed by atoms with Gasteiger partial charge in [-0.2, -0.15) is 0 Å². The Labute approximate surface area is 101 Å². The molecule has 0 aromatic carbocycles. The SMILES string of the molecule is CC.Cc1cc(Cn2ccnc2[C@H](C)O)no1. The molecule has 5 heteroatoms. The summed E-state index contributed by atoms with van der Waals surface area (Å²) in [5.74, 6) is 1.42. The summed E-state index contributed by atoms with van der Waals surface area (Å²) in [4.78, 5) is 4.07. The zero-order chi connectivity index (χ0) is 12.8. The van der Waals surface area contributed by atoms with Crippen LogP contribution in [0.2, 0.25) is 0 Å². The zero-order valence-electron chi connectivity index (χ0n) is 10.7. The van der Waals surface area contributed by atoms with Gasteiger partial charge < -0.3 is 14.2 Å². The van der Waals surface area contributed by atoms with E-state index in [4.69, 9.17) is 4.52 Å². The van der Waals surface area contributed by atoms with Crippen LogP contribution in [-0.4, -0.2) is 19.8 Å². The minimum Gasteiger partial charge on any atom is -0.385 e. The van der Waals surface area contributed by atoms with E-state index in [0.29, 0.717) is 12.4 Å². The third-order valence-electron chi connectivity index (χ3n) is 2.13. The fourth-order valence-corrected chi connectivity index (χ4v) is 1.49. The predicted octanol–water partition coefficient (Wildman–Crippen LogP) is 2.31. The molecule has 0 saturated carbocycles. The van der Waals surface area contributed by atoms with Crippen molar-refractivity contribution in [2.45, 2.75) is 40.3 Å². The quantitative estimate of drug-likeness (QED) is 0.889. The van der Waals surface area contributed by atoms with Crippen molar-refractivity contribution in [3.05, 3.63) is 35.7 Å². The fraction of sp³-hybridized carbons (Fsp3) is 0.500. The van der Waals surface area contributed by atoms with E-state index in [1.807, 2.05) is 37.6 Å². The number of hydrogen-bond acceptors (Lipinski definition) is 4. The van der Waals surface area contributed by atoms with Gasteiger partial charge in [0.2, 0.25) is 0 Å². The van der Waals surface area contributed by atoms with Crippen LogP contribution < -0.4 is 0 Å². The monoisotopic (exact) mass is 237 g/mol. The highest BCUT2D eigenvalue weighted by molar-refractivity contribution is 5.06. The number of aromatic nitrogens is 3. The van der Waals surface area contributed by atoms with Crippen molar-refractivity contribution >= 4 is 0 Å². The van der Waals surface area contributed by atoms with Crippen molar-refractivity contribution in [2.24, 2.45) is 0 Å². The Morgan fingerprint density at radius 2 is 2.18 bits per heavy atom. The summed E-state index contributed by atoms with van der Waals surface area (Å²) in [6, 6.07) is 1.87. The number of nitrogens with zero attached hydrogens (tertiary/aromatic N) is 3. The summed E-state index contributed by atoms with van der Waals surface area (Å²) in [5.41, 5.74) is 0.826. The first-order valence-electron chi connectivity index (χ1n) is 5.78. The smallest absolute Gasteiger partial charge is 0.137 e. The molecular weight excluding hydrogens is 218 g/mol. The highest BCUT2D eigenvalue weighted by Crippen LogP contribution is 2.12. The van der Waals surface area contributed by atoms with E-state index in [-0.39, 0.29) is 0 Å². The zero-order valence-corrected chi connectivity index (χ0v) is 10.7. The highest BCUT2D eigenvalue weighted by Gasteiger charge is 2.10. The minimum atomic E-state index is -0.576. The summed E-state index contributed by atoms with van der Waals surface area (Å²) in [7, 11) is 0. The van der Waals surface area contributed by atoms with E-state index < -0.39 is 6.10 Å². The fourth-order valence-electron chi connectivity index (χ4n) is 1.49. The molecule has 2 aromatic rings. The molecule has 2 aromatic heterocycles. The van der Waals surface area contributed by atoms with Gasteiger partial charge in [-0.3, -0.25) is 0 Å². The second kappa shape index (κ2) is 6.20. The van der Waals surface area contributed by atoms with E-state index in [0.717, 1.165) is 11.5 Å². The first-order valence-corrected chi connectivity index (χ1v) is 5.78. The molecule has 5 nitrogen and oxygen atoms in total. The third-order valence-corrected chi connectivity index (χ3v) is 2.13. The third kappa shape index (κ3) is 3.42. The van der Waals surface area contributed by atoms with Crippen molar-refractivity contribution in [3.63, 3.8) is 0 Å². The van der Waals surface area contributed by atoms with Crippen LogP contribution in [0.3, 0.4) is 0 Å². The standard InChI is InChI=1S/C10H13N3O2.C2H6/c1-7-5-9(12-15-7)6-13-4-3-11-10(13)8(2)14;1-2/h3-5,8,14H,6H2,1-2H3;1-2H3/t8-;/m0./s1. The van der Waals surface area contributed by atoms with Crippen LogP contribution in [-0.2, 0) is 6.54 Å². The molecule has 17 heavy (non-hydrogen) atoms. The molecular formula is C12H19N3O2. The lowest BCUT2D eigenvalue weighted by Crippen LogP contribution is -2.07. The number of aliphatic hydroxyl groups excluding tert-OH is 1. The summed E-state index contributed by atoms with van der Waals surface area (Å²) >= 11 is 0. The molecule has 0 bridgehead atoms. The first kappa shape index (κ1) is 13.4. The summed E-state index contributed by atoms with van der Waals surface area (Å²) in [5, 5.41) is 13.3. The number of aliphatic hydroxyl groups is 1. The molecule has 0 aliphatic carbocycles. The molecule has 1 atom stereocenters. The maximum absolute atomic E-state index is 9.45. The lowest BCUT2D eigenvalue weighted by Gasteiger charge is -2.07. The van der Waals surface area contributed by atoms with Crippen molar-refractivity contribution in [1.82, 2.24) is 14.7 Å². The molecule has 0 saturated heterocycles. The van der Waals surface area contributed by atoms with Gasteiger partial charge >= 0.3 is 0 Å². The minimum absolute atomic E-state index is 0.567. The molecule has 0 radical (unpaired) electrons. The number of imidazole rings is 1. The van der Waals surface area contributed by atoms with Crippen LogP contribution in [0, 0.1) is 6.92 Å². The predicted molar refractivity (Wildman–Crippen MR) is 64.6 cm³/mol. The highest BCUT2D eigenvalue weighted by atomic mass is 16.5. The second-order valence-corrected chi connectivity index (χ2v) is 3.52. The Hall–Kier alpha value is -1.62. The maximum Gasteiger partial charge on any atom is 0.137 e. The van der Waals surface area contributed by atoms with Crippen LogP contribution in [0.4, 0.5) is 0 Å². The van der Waals surface area contributed by atoms with Crippen LogP contribution >= 0.6 is 0 Å². The molecule has 0 unspecified atom stereocenters. The van der Waals surface area contributed by atoms with Gasteiger partial charge in [-0.1, -0.05) is 19.0 Å². The van der Waals surface area contributed by atoms with E-state index >= 15 is 0 Å². The Bertz CT molecular complexity index is 446. The first-order chi connectivity index (χ1) is 8.16. The Morgan fingerprint density at radius 3 is 2.71 bits per heavy atom. The van der Waals surface area contributed by atoms with Gasteiger partial charge in [-0.05, 0) is 13.8 Å². The normalized spacial score (nSPS) is 11.8. The van der Waals surface area contributed by atoms with Gasteiger partial charge in [0, 0.05) is 18.5 Å². The van der Waals surface area contributed by atoms with Crippen LogP contribution in [0.1, 0.15) is 44.2 Å². The summed E-state index contributed by atoms with van der Waals surface area (Å²) in [6.45, 7) is 8.10. The van der Waals surface area contributed by atoms with Gasteiger partial charge in [-0.25, -0.2) is 4.98 Å². The molecule has 0 amide bonds. The van der Waals surface area contributed by atoms with E-state index in [1.54, 1.807) is 13.1 Å². The largest absolute Gasteiger partial charge is 0.385 e. The van der Waals surface area contributed by atoms with Gasteiger partial charge in [-0.15, -0.1) is 0 Å². The van der Waals surface area contributed by atoms with Crippen molar-refractivity contribution in [3.8, 4) is 0 Å². The average Bonchev–Trinajstić information content (AvgIpc) is 2.91.